The van der Waals surface area contributed by atoms with Gasteiger partial charge in [0.1, 0.15) is 0 Å². The fraction of sp³-hybridized carbons (Fsp3) is 1.00. The average Bonchev–Trinajstić information content (AvgIpc) is 2.55. The van der Waals surface area contributed by atoms with E-state index < -0.39 is 17.1 Å². The van der Waals surface area contributed by atoms with Gasteiger partial charge in [0.25, 0.3) is 0 Å². The highest BCUT2D eigenvalue weighted by Crippen LogP contribution is 2.23. The molecule has 4 nitrogen and oxygen atoms in total. The topological polar surface area (TPSA) is 36.9 Å². The van der Waals surface area contributed by atoms with Crippen LogP contribution in [0.2, 0.25) is 24.2 Å². The van der Waals surface area contributed by atoms with Crippen molar-refractivity contribution >= 4 is 17.1 Å². The Bertz CT molecular complexity index is 203. The maximum atomic E-state index is 5.64. The van der Waals surface area contributed by atoms with Crippen LogP contribution in [-0.4, -0.2) is 45.6 Å². The molecule has 0 aliphatic rings. The van der Waals surface area contributed by atoms with Gasteiger partial charge in [-0.05, 0) is 24.2 Å². The third kappa shape index (κ3) is 7.39. The van der Waals surface area contributed by atoms with E-state index >= 15 is 0 Å². The Morgan fingerprint density at radius 2 is 0.810 bits per heavy atom. The molecule has 0 radical (unpaired) electrons. The molecule has 0 spiro atoms. The molecule has 0 aliphatic heterocycles. The van der Waals surface area contributed by atoms with Gasteiger partial charge in [-0.1, -0.05) is 46.0 Å². The molecule has 0 saturated heterocycles. The van der Waals surface area contributed by atoms with Gasteiger partial charge < -0.3 is 17.7 Å². The van der Waals surface area contributed by atoms with E-state index in [2.05, 4.69) is 13.8 Å². The Morgan fingerprint density at radius 3 is 1.05 bits per heavy atom. The molecule has 0 aromatic rings. The van der Waals surface area contributed by atoms with Crippen LogP contribution in [0.4, 0.5) is 0 Å². The first-order chi connectivity index (χ1) is 10.1. The summed E-state index contributed by atoms with van der Waals surface area (Å²) in [5.41, 5.74) is 0. The Labute approximate surface area is 134 Å². The van der Waals surface area contributed by atoms with Crippen molar-refractivity contribution in [1.29, 1.82) is 0 Å². The van der Waals surface area contributed by atoms with Crippen molar-refractivity contribution in [3.8, 4) is 0 Å². The lowest BCUT2D eigenvalue weighted by Crippen LogP contribution is -2.39. The molecule has 0 amide bonds. The molecule has 21 heavy (non-hydrogen) atoms. The molecule has 0 aromatic heterocycles. The van der Waals surface area contributed by atoms with Gasteiger partial charge in [-0.2, -0.15) is 0 Å². The molecule has 0 aliphatic carbocycles. The molecule has 0 unspecified atom stereocenters. The zero-order chi connectivity index (χ0) is 16.2. The van der Waals surface area contributed by atoms with Gasteiger partial charge in [-0.15, -0.1) is 0 Å². The summed E-state index contributed by atoms with van der Waals surface area (Å²) in [5, 5.41) is 0. The first-order valence-electron chi connectivity index (χ1n) is 8.28. The number of rotatable bonds is 14. The molecular formula is C15H36O4Si2. The van der Waals surface area contributed by atoms with Gasteiger partial charge in [0.2, 0.25) is 0 Å². The van der Waals surface area contributed by atoms with Crippen molar-refractivity contribution in [2.75, 3.05) is 28.4 Å². The van der Waals surface area contributed by atoms with Crippen molar-refractivity contribution in [2.45, 2.75) is 70.1 Å². The van der Waals surface area contributed by atoms with Crippen molar-refractivity contribution < 1.29 is 17.7 Å². The molecule has 0 aromatic carbocycles. The highest BCUT2D eigenvalue weighted by atomic mass is 28.4. The second-order valence-corrected chi connectivity index (χ2v) is 13.3. The largest absolute Gasteiger partial charge is 0.398 e. The maximum Gasteiger partial charge on any atom is 0.337 e. The Balaban J connectivity index is 3.78. The SMILES string of the molecule is CC[Si](CCCCCCC[Si](CC)(OC)OC)(OC)OC. The summed E-state index contributed by atoms with van der Waals surface area (Å²) in [7, 11) is 3.45. The predicted octanol–water partition coefficient (Wildman–Crippen LogP) is 4.45. The zero-order valence-electron chi connectivity index (χ0n) is 15.0. The monoisotopic (exact) mass is 336 g/mol. The fourth-order valence-electron chi connectivity index (χ4n) is 2.82. The van der Waals surface area contributed by atoms with Crippen molar-refractivity contribution in [2.24, 2.45) is 0 Å². The normalized spacial score (nSPS) is 12.9. The van der Waals surface area contributed by atoms with E-state index in [1.54, 1.807) is 28.4 Å². The van der Waals surface area contributed by atoms with E-state index in [4.69, 9.17) is 17.7 Å². The van der Waals surface area contributed by atoms with Crippen LogP contribution in [-0.2, 0) is 17.7 Å². The van der Waals surface area contributed by atoms with E-state index in [1.807, 2.05) is 0 Å². The summed E-state index contributed by atoms with van der Waals surface area (Å²) in [4.78, 5) is 0. The van der Waals surface area contributed by atoms with Gasteiger partial charge in [0.05, 0.1) is 0 Å². The Kier molecular flexibility index (Phi) is 11.9. The standard InChI is InChI=1S/C15H36O4Si2/c1-7-20(16-3,17-4)14-12-10-9-11-13-15-21(8-2,18-5)19-6/h7-15H2,1-6H3. The Hall–Kier alpha value is 0.274. The van der Waals surface area contributed by atoms with Crippen LogP contribution in [0.15, 0.2) is 0 Å². The van der Waals surface area contributed by atoms with Gasteiger partial charge >= 0.3 is 17.1 Å². The smallest absolute Gasteiger partial charge is 0.337 e. The number of hydrogen-bond donors (Lipinski definition) is 0. The lowest BCUT2D eigenvalue weighted by Gasteiger charge is -2.26. The van der Waals surface area contributed by atoms with Crippen LogP contribution in [0.1, 0.15) is 46.0 Å². The Morgan fingerprint density at radius 1 is 0.524 bits per heavy atom. The summed E-state index contributed by atoms with van der Waals surface area (Å²) in [6.07, 6.45) is 6.24. The lowest BCUT2D eigenvalue weighted by molar-refractivity contribution is 0.240. The van der Waals surface area contributed by atoms with Crippen molar-refractivity contribution in [1.82, 2.24) is 0 Å². The fourth-order valence-corrected chi connectivity index (χ4v) is 7.41. The molecular weight excluding hydrogens is 300 g/mol. The van der Waals surface area contributed by atoms with E-state index in [-0.39, 0.29) is 0 Å². The lowest BCUT2D eigenvalue weighted by atomic mass is 10.2. The molecule has 0 bridgehead atoms. The van der Waals surface area contributed by atoms with E-state index in [0.717, 1.165) is 24.2 Å². The van der Waals surface area contributed by atoms with Gasteiger partial charge in [-0.25, -0.2) is 0 Å². The molecule has 0 atom stereocenters. The highest BCUT2D eigenvalue weighted by Gasteiger charge is 2.33. The molecule has 6 heteroatoms. The summed E-state index contributed by atoms with van der Waals surface area (Å²) in [6.45, 7) is 4.34. The molecule has 0 saturated carbocycles. The minimum Gasteiger partial charge on any atom is -0.398 e. The van der Waals surface area contributed by atoms with Gasteiger partial charge in [0.15, 0.2) is 0 Å². The summed E-state index contributed by atoms with van der Waals surface area (Å²) in [5.74, 6) is 0. The second-order valence-electron chi connectivity index (χ2n) is 5.61. The third-order valence-electron chi connectivity index (χ3n) is 4.68. The van der Waals surface area contributed by atoms with Crippen LogP contribution in [0.3, 0.4) is 0 Å². The highest BCUT2D eigenvalue weighted by molar-refractivity contribution is 6.67. The molecule has 128 valence electrons. The van der Waals surface area contributed by atoms with Crippen molar-refractivity contribution in [3.05, 3.63) is 0 Å². The predicted molar refractivity (Wildman–Crippen MR) is 93.2 cm³/mol. The van der Waals surface area contributed by atoms with Crippen LogP contribution in [0.5, 0.6) is 0 Å². The molecule has 0 heterocycles. The number of hydrogen-bond acceptors (Lipinski definition) is 4. The van der Waals surface area contributed by atoms with E-state index in [0.29, 0.717) is 0 Å². The first-order valence-corrected chi connectivity index (χ1v) is 12.7. The van der Waals surface area contributed by atoms with E-state index in [1.165, 1.54) is 32.1 Å². The van der Waals surface area contributed by atoms with Gasteiger partial charge in [0, 0.05) is 28.4 Å². The molecule has 0 fully saturated rings. The quantitative estimate of drug-likeness (QED) is 0.347. The van der Waals surface area contributed by atoms with Crippen LogP contribution < -0.4 is 0 Å². The van der Waals surface area contributed by atoms with Gasteiger partial charge in [-0.3, -0.25) is 0 Å². The van der Waals surface area contributed by atoms with E-state index in [9.17, 15) is 0 Å². The number of unbranched alkanes of at least 4 members (excludes halogenated alkanes) is 4. The van der Waals surface area contributed by atoms with Crippen LogP contribution in [0.25, 0.3) is 0 Å². The summed E-state index contributed by atoms with van der Waals surface area (Å²) in [6, 6.07) is 4.29. The minimum absolute atomic E-state index is 1.03. The maximum absolute atomic E-state index is 5.64. The second kappa shape index (κ2) is 11.8. The zero-order valence-corrected chi connectivity index (χ0v) is 17.0. The minimum atomic E-state index is -1.87. The molecule has 0 rings (SSSR count). The summed E-state index contributed by atoms with van der Waals surface area (Å²) < 4.78 is 22.6. The van der Waals surface area contributed by atoms with Crippen LogP contribution >= 0.6 is 0 Å². The average molecular weight is 337 g/mol. The third-order valence-corrected chi connectivity index (χ3v) is 12.0. The van der Waals surface area contributed by atoms with Crippen LogP contribution in [0, 0.1) is 0 Å². The van der Waals surface area contributed by atoms with Crippen molar-refractivity contribution in [3.63, 3.8) is 0 Å². The first kappa shape index (κ1) is 21.3. The molecule has 0 N–H and O–H groups in total. The summed E-state index contributed by atoms with van der Waals surface area (Å²) >= 11 is 0.